The van der Waals surface area contributed by atoms with E-state index in [4.69, 9.17) is 9.47 Å². The summed E-state index contributed by atoms with van der Waals surface area (Å²) < 4.78 is 10.4. The molecule has 0 heterocycles. The third kappa shape index (κ3) is 5.32. The molecule has 0 fully saturated rings. The van der Waals surface area contributed by atoms with Gasteiger partial charge in [-0.2, -0.15) is 0 Å². The molecular weight excluding hydrogens is 228 g/mol. The summed E-state index contributed by atoms with van der Waals surface area (Å²) in [5, 5.41) is 0. The van der Waals surface area contributed by atoms with Crippen molar-refractivity contribution >= 4 is 5.78 Å². The van der Waals surface area contributed by atoms with Crippen LogP contribution < -0.4 is 4.74 Å². The van der Waals surface area contributed by atoms with Crippen LogP contribution in [0.15, 0.2) is 24.3 Å². The van der Waals surface area contributed by atoms with Gasteiger partial charge in [-0.25, -0.2) is 0 Å². The molecule has 0 aliphatic carbocycles. The number of hydrogen-bond acceptors (Lipinski definition) is 3. The number of methoxy groups -OCH3 is 1. The minimum absolute atomic E-state index is 0.00608. The van der Waals surface area contributed by atoms with Gasteiger partial charge in [0, 0.05) is 12.2 Å². The third-order valence-electron chi connectivity index (χ3n) is 2.64. The summed E-state index contributed by atoms with van der Waals surface area (Å²) >= 11 is 0. The van der Waals surface area contributed by atoms with E-state index in [0.29, 0.717) is 12.2 Å². The van der Waals surface area contributed by atoms with Crippen LogP contribution in [0.5, 0.6) is 5.75 Å². The van der Waals surface area contributed by atoms with Crippen molar-refractivity contribution < 1.29 is 14.3 Å². The first-order valence-corrected chi connectivity index (χ1v) is 6.17. The topological polar surface area (TPSA) is 35.5 Å². The lowest BCUT2D eigenvalue weighted by molar-refractivity contribution is 0.0705. The number of ketones is 1. The summed E-state index contributed by atoms with van der Waals surface area (Å²) in [6, 6.07) is 7.08. The Morgan fingerprint density at radius 1 is 1.17 bits per heavy atom. The molecule has 0 bridgehead atoms. The molecule has 1 aromatic rings. The first kappa shape index (κ1) is 14.7. The van der Waals surface area contributed by atoms with E-state index >= 15 is 0 Å². The van der Waals surface area contributed by atoms with Crippen molar-refractivity contribution in [2.24, 2.45) is 5.41 Å². The quantitative estimate of drug-likeness (QED) is 0.574. The molecule has 100 valence electrons. The maximum Gasteiger partial charge on any atom is 0.188 e. The van der Waals surface area contributed by atoms with Crippen LogP contribution in [0.4, 0.5) is 0 Å². The molecule has 0 amide bonds. The zero-order valence-corrected chi connectivity index (χ0v) is 11.7. The second-order valence-corrected chi connectivity index (χ2v) is 5.51. The SMILES string of the molecule is COc1ccc(C(=O)COCCC(C)(C)C)cc1. The lowest BCUT2D eigenvalue weighted by atomic mass is 9.93. The molecule has 0 N–H and O–H groups in total. The van der Waals surface area contributed by atoms with E-state index in [9.17, 15) is 4.79 Å². The number of ether oxygens (including phenoxy) is 2. The second-order valence-electron chi connectivity index (χ2n) is 5.51. The molecule has 0 saturated heterocycles. The first-order chi connectivity index (χ1) is 8.42. The summed E-state index contributed by atoms with van der Waals surface area (Å²) in [6.07, 6.45) is 0.947. The maximum absolute atomic E-state index is 11.8. The van der Waals surface area contributed by atoms with Crippen LogP contribution in [0.2, 0.25) is 0 Å². The Bertz CT molecular complexity index is 374. The van der Waals surface area contributed by atoms with Gasteiger partial charge in [-0.15, -0.1) is 0 Å². The molecule has 0 spiro atoms. The van der Waals surface area contributed by atoms with Gasteiger partial charge in [-0.1, -0.05) is 20.8 Å². The Morgan fingerprint density at radius 3 is 2.28 bits per heavy atom. The molecule has 0 aromatic heterocycles. The first-order valence-electron chi connectivity index (χ1n) is 6.17. The van der Waals surface area contributed by atoms with Gasteiger partial charge in [0.25, 0.3) is 0 Å². The van der Waals surface area contributed by atoms with Crippen LogP contribution in [-0.2, 0) is 4.74 Å². The highest BCUT2D eigenvalue weighted by molar-refractivity contribution is 5.97. The molecule has 0 aliphatic heterocycles. The Morgan fingerprint density at radius 2 is 1.78 bits per heavy atom. The molecule has 0 atom stereocenters. The van der Waals surface area contributed by atoms with Gasteiger partial charge in [0.2, 0.25) is 0 Å². The Hall–Kier alpha value is -1.35. The van der Waals surface area contributed by atoms with Crippen molar-refractivity contribution in [3.63, 3.8) is 0 Å². The molecular formula is C15H22O3. The van der Waals surface area contributed by atoms with Gasteiger partial charge in [-0.3, -0.25) is 4.79 Å². The van der Waals surface area contributed by atoms with E-state index in [1.807, 2.05) is 0 Å². The lowest BCUT2D eigenvalue weighted by Crippen LogP contribution is -2.14. The predicted molar refractivity (Wildman–Crippen MR) is 72.2 cm³/mol. The highest BCUT2D eigenvalue weighted by atomic mass is 16.5. The van der Waals surface area contributed by atoms with Crippen LogP contribution in [0.1, 0.15) is 37.6 Å². The normalized spacial score (nSPS) is 11.3. The Balaban J connectivity index is 2.36. The molecule has 0 unspecified atom stereocenters. The minimum Gasteiger partial charge on any atom is -0.497 e. The van der Waals surface area contributed by atoms with Crippen molar-refractivity contribution in [3.05, 3.63) is 29.8 Å². The average molecular weight is 250 g/mol. The average Bonchev–Trinajstić information content (AvgIpc) is 2.33. The number of hydrogen-bond donors (Lipinski definition) is 0. The van der Waals surface area contributed by atoms with Gasteiger partial charge in [-0.05, 0) is 36.1 Å². The molecule has 3 heteroatoms. The van der Waals surface area contributed by atoms with E-state index < -0.39 is 0 Å². The van der Waals surface area contributed by atoms with E-state index in [0.717, 1.165) is 12.2 Å². The zero-order chi connectivity index (χ0) is 13.6. The van der Waals surface area contributed by atoms with Crippen molar-refractivity contribution in [1.29, 1.82) is 0 Å². The van der Waals surface area contributed by atoms with Crippen molar-refractivity contribution in [1.82, 2.24) is 0 Å². The summed E-state index contributed by atoms with van der Waals surface area (Å²) in [5.41, 5.74) is 0.898. The second kappa shape index (κ2) is 6.55. The van der Waals surface area contributed by atoms with Crippen molar-refractivity contribution in [2.75, 3.05) is 20.3 Å². The van der Waals surface area contributed by atoms with Crippen LogP contribution in [0, 0.1) is 5.41 Å². The molecule has 0 radical (unpaired) electrons. The number of Topliss-reactive ketones (excluding diaryl/α,β-unsaturated/α-hetero) is 1. The molecule has 0 saturated carbocycles. The van der Waals surface area contributed by atoms with Crippen LogP contribution in [0.25, 0.3) is 0 Å². The van der Waals surface area contributed by atoms with Gasteiger partial charge in [0.05, 0.1) is 7.11 Å². The van der Waals surface area contributed by atoms with Crippen LogP contribution >= 0.6 is 0 Å². The highest BCUT2D eigenvalue weighted by Crippen LogP contribution is 2.18. The summed E-state index contributed by atoms with van der Waals surface area (Å²) in [6.45, 7) is 7.22. The van der Waals surface area contributed by atoms with Crippen molar-refractivity contribution in [2.45, 2.75) is 27.2 Å². The highest BCUT2D eigenvalue weighted by Gasteiger charge is 2.11. The number of carbonyl (C=O) groups is 1. The summed E-state index contributed by atoms with van der Waals surface area (Å²) in [7, 11) is 1.60. The smallest absolute Gasteiger partial charge is 0.188 e. The van der Waals surface area contributed by atoms with E-state index in [2.05, 4.69) is 20.8 Å². The fourth-order valence-corrected chi connectivity index (χ4v) is 1.40. The maximum atomic E-state index is 11.8. The predicted octanol–water partition coefficient (Wildman–Crippen LogP) is 3.33. The van der Waals surface area contributed by atoms with Gasteiger partial charge >= 0.3 is 0 Å². The largest absolute Gasteiger partial charge is 0.497 e. The lowest BCUT2D eigenvalue weighted by Gasteiger charge is -2.17. The van der Waals surface area contributed by atoms with Gasteiger partial charge in [0.1, 0.15) is 12.4 Å². The molecule has 1 rings (SSSR count). The Kier molecular flexibility index (Phi) is 5.35. The Labute approximate surface area is 109 Å². The number of carbonyl (C=O) groups excluding carboxylic acids is 1. The summed E-state index contributed by atoms with van der Waals surface area (Å²) in [4.78, 5) is 11.8. The van der Waals surface area contributed by atoms with Crippen LogP contribution in [-0.4, -0.2) is 26.1 Å². The summed E-state index contributed by atoms with van der Waals surface area (Å²) in [5.74, 6) is 0.756. The number of benzene rings is 1. The van der Waals surface area contributed by atoms with E-state index in [1.165, 1.54) is 0 Å². The van der Waals surface area contributed by atoms with E-state index in [-0.39, 0.29) is 17.8 Å². The van der Waals surface area contributed by atoms with Gasteiger partial charge in [0.15, 0.2) is 5.78 Å². The van der Waals surface area contributed by atoms with Gasteiger partial charge < -0.3 is 9.47 Å². The van der Waals surface area contributed by atoms with Crippen molar-refractivity contribution in [3.8, 4) is 5.75 Å². The number of rotatable bonds is 6. The van der Waals surface area contributed by atoms with Crippen LogP contribution in [0.3, 0.4) is 0 Å². The monoisotopic (exact) mass is 250 g/mol. The molecule has 1 aromatic carbocycles. The molecule has 3 nitrogen and oxygen atoms in total. The third-order valence-corrected chi connectivity index (χ3v) is 2.64. The zero-order valence-electron chi connectivity index (χ0n) is 11.7. The fourth-order valence-electron chi connectivity index (χ4n) is 1.40. The molecule has 0 aliphatic rings. The van der Waals surface area contributed by atoms with E-state index in [1.54, 1.807) is 31.4 Å². The fraction of sp³-hybridized carbons (Fsp3) is 0.533. The minimum atomic E-state index is 0.00608. The molecule has 18 heavy (non-hydrogen) atoms. The standard InChI is InChI=1S/C15H22O3/c1-15(2,3)9-10-18-11-14(16)12-5-7-13(17-4)8-6-12/h5-8H,9-11H2,1-4H3.